The smallest absolute Gasteiger partial charge is 0.274 e. The van der Waals surface area contributed by atoms with Crippen molar-refractivity contribution in [1.82, 2.24) is 0 Å². The molecule has 114 valence electrons. The van der Waals surface area contributed by atoms with E-state index in [1.807, 2.05) is 0 Å². The van der Waals surface area contributed by atoms with Gasteiger partial charge in [0.25, 0.3) is 5.69 Å². The maximum atomic E-state index is 12.6. The molecule has 4 unspecified atom stereocenters. The molecule has 7 nitrogen and oxygen atoms in total. The number of fused-ring (bicyclic) bond motifs is 5. The van der Waals surface area contributed by atoms with Crippen LogP contribution in [0.5, 0.6) is 0 Å². The molecule has 1 aromatic rings. The van der Waals surface area contributed by atoms with Gasteiger partial charge in [0, 0.05) is 11.6 Å². The molecule has 0 radical (unpaired) electrons. The van der Waals surface area contributed by atoms with Gasteiger partial charge in [-0.05, 0) is 25.8 Å². The zero-order chi connectivity index (χ0) is 15.6. The second-order valence-electron chi connectivity index (χ2n) is 6.08. The highest BCUT2D eigenvalue weighted by Crippen LogP contribution is 2.49. The van der Waals surface area contributed by atoms with Gasteiger partial charge in [0.2, 0.25) is 11.8 Å². The third kappa shape index (κ3) is 1.60. The number of amides is 2. The first kappa shape index (κ1) is 13.4. The molecule has 3 heterocycles. The third-order valence-corrected chi connectivity index (χ3v) is 4.93. The summed E-state index contributed by atoms with van der Waals surface area (Å²) in [6.45, 7) is 1.62. The Balaban J connectivity index is 1.75. The van der Waals surface area contributed by atoms with E-state index in [9.17, 15) is 19.7 Å². The van der Waals surface area contributed by atoms with Crippen LogP contribution in [0.4, 0.5) is 11.4 Å². The molecule has 0 saturated carbocycles. The Morgan fingerprint density at radius 1 is 1.18 bits per heavy atom. The van der Waals surface area contributed by atoms with Crippen LogP contribution in [0, 0.1) is 28.9 Å². The van der Waals surface area contributed by atoms with Crippen molar-refractivity contribution < 1.29 is 19.2 Å². The Bertz CT molecular complexity index is 688. The van der Waals surface area contributed by atoms with Crippen LogP contribution in [-0.4, -0.2) is 28.9 Å². The summed E-state index contributed by atoms with van der Waals surface area (Å²) in [4.78, 5) is 36.9. The molecule has 3 fully saturated rings. The Labute approximate surface area is 126 Å². The van der Waals surface area contributed by atoms with E-state index in [0.29, 0.717) is 5.56 Å². The summed E-state index contributed by atoms with van der Waals surface area (Å²) in [6, 6.07) is 4.45. The highest BCUT2D eigenvalue weighted by atomic mass is 16.6. The maximum absolute atomic E-state index is 12.6. The van der Waals surface area contributed by atoms with E-state index < -0.39 is 16.8 Å². The Morgan fingerprint density at radius 2 is 1.77 bits per heavy atom. The highest BCUT2D eigenvalue weighted by Gasteiger charge is 2.62. The quantitative estimate of drug-likeness (QED) is 0.470. The number of anilines is 1. The molecule has 22 heavy (non-hydrogen) atoms. The predicted octanol–water partition coefficient (Wildman–Crippen LogP) is 1.57. The number of nitro groups is 1. The number of hydrogen-bond donors (Lipinski definition) is 0. The van der Waals surface area contributed by atoms with Crippen LogP contribution in [-0.2, 0) is 14.3 Å². The fourth-order valence-electron chi connectivity index (χ4n) is 3.90. The summed E-state index contributed by atoms with van der Waals surface area (Å²) in [5, 5.41) is 11.1. The normalized spacial score (nSPS) is 32.7. The fourth-order valence-corrected chi connectivity index (χ4v) is 3.90. The lowest BCUT2D eigenvalue weighted by molar-refractivity contribution is -0.385. The summed E-state index contributed by atoms with van der Waals surface area (Å²) in [5.41, 5.74) is 0.687. The van der Waals surface area contributed by atoms with E-state index in [2.05, 4.69) is 0 Å². The molecule has 0 N–H and O–H groups in total. The zero-order valence-electron chi connectivity index (χ0n) is 11.9. The number of hydrogen-bond acceptors (Lipinski definition) is 5. The van der Waals surface area contributed by atoms with Gasteiger partial charge < -0.3 is 4.74 Å². The Morgan fingerprint density at radius 3 is 2.32 bits per heavy atom. The van der Waals surface area contributed by atoms with E-state index in [4.69, 9.17) is 4.74 Å². The average Bonchev–Trinajstić information content (AvgIpc) is 3.14. The van der Waals surface area contributed by atoms with E-state index in [1.165, 1.54) is 6.07 Å². The van der Waals surface area contributed by atoms with E-state index >= 15 is 0 Å². The van der Waals surface area contributed by atoms with Gasteiger partial charge in [0.15, 0.2) is 0 Å². The van der Waals surface area contributed by atoms with Crippen molar-refractivity contribution >= 4 is 23.2 Å². The monoisotopic (exact) mass is 302 g/mol. The molecule has 3 aliphatic rings. The lowest BCUT2D eigenvalue weighted by atomic mass is 9.81. The molecule has 7 heteroatoms. The second-order valence-corrected chi connectivity index (χ2v) is 6.08. The summed E-state index contributed by atoms with van der Waals surface area (Å²) in [6.07, 6.45) is 1.23. The summed E-state index contributed by atoms with van der Waals surface area (Å²) < 4.78 is 5.67. The highest BCUT2D eigenvalue weighted by molar-refractivity contribution is 6.22. The van der Waals surface area contributed by atoms with Crippen molar-refractivity contribution in [2.45, 2.75) is 32.0 Å². The molecular weight excluding hydrogens is 288 g/mol. The summed E-state index contributed by atoms with van der Waals surface area (Å²) in [5.74, 6) is -1.43. The number of carbonyl (C=O) groups excluding carboxylic acids is 2. The van der Waals surface area contributed by atoms with Crippen molar-refractivity contribution in [2.75, 3.05) is 4.90 Å². The molecule has 3 saturated heterocycles. The zero-order valence-corrected chi connectivity index (χ0v) is 11.9. The number of ether oxygens (including phenoxy) is 1. The first-order chi connectivity index (χ1) is 10.5. The molecule has 3 aliphatic heterocycles. The van der Waals surface area contributed by atoms with Gasteiger partial charge in [-0.1, -0.05) is 6.07 Å². The molecule has 4 rings (SSSR count). The Hall–Kier alpha value is -2.28. The largest absolute Gasteiger partial charge is 0.373 e. The minimum absolute atomic E-state index is 0.0885. The van der Waals surface area contributed by atoms with Crippen molar-refractivity contribution in [3.63, 3.8) is 0 Å². The number of carbonyl (C=O) groups is 2. The molecule has 4 atom stereocenters. The minimum Gasteiger partial charge on any atom is -0.373 e. The van der Waals surface area contributed by atoms with Crippen molar-refractivity contribution in [3.05, 3.63) is 33.9 Å². The maximum Gasteiger partial charge on any atom is 0.274 e. The van der Waals surface area contributed by atoms with Crippen LogP contribution >= 0.6 is 0 Å². The van der Waals surface area contributed by atoms with Crippen molar-refractivity contribution in [3.8, 4) is 0 Å². The number of rotatable bonds is 2. The number of aryl methyl sites for hydroxylation is 1. The number of nitro benzene ring substituents is 1. The average molecular weight is 302 g/mol. The molecule has 2 amide bonds. The SMILES string of the molecule is Cc1ccc(N2C(=O)C3C4CCC(O4)C3C2=O)cc1[N+](=O)[O-]. The Kier molecular flexibility index (Phi) is 2.65. The van der Waals surface area contributed by atoms with E-state index in [1.54, 1.807) is 19.1 Å². The van der Waals surface area contributed by atoms with Gasteiger partial charge in [-0.15, -0.1) is 0 Å². The van der Waals surface area contributed by atoms with Crippen LogP contribution < -0.4 is 4.90 Å². The van der Waals surface area contributed by atoms with Gasteiger partial charge in [-0.25, -0.2) is 4.90 Å². The summed E-state index contributed by atoms with van der Waals surface area (Å²) in [7, 11) is 0. The minimum atomic E-state index is -0.502. The molecule has 0 aliphatic carbocycles. The van der Waals surface area contributed by atoms with Crippen LogP contribution in [0.1, 0.15) is 18.4 Å². The van der Waals surface area contributed by atoms with Gasteiger partial charge in [-0.3, -0.25) is 19.7 Å². The van der Waals surface area contributed by atoms with Gasteiger partial charge in [0.1, 0.15) is 0 Å². The van der Waals surface area contributed by atoms with Crippen molar-refractivity contribution in [1.29, 1.82) is 0 Å². The molecule has 2 bridgehead atoms. The van der Waals surface area contributed by atoms with Crippen LogP contribution in [0.3, 0.4) is 0 Å². The lowest BCUT2D eigenvalue weighted by Crippen LogP contribution is -2.34. The van der Waals surface area contributed by atoms with Crippen molar-refractivity contribution in [2.24, 2.45) is 11.8 Å². The fraction of sp³-hybridized carbons (Fsp3) is 0.467. The van der Waals surface area contributed by atoms with Gasteiger partial charge in [0.05, 0.1) is 34.7 Å². The van der Waals surface area contributed by atoms with Gasteiger partial charge in [-0.2, -0.15) is 0 Å². The second kappa shape index (κ2) is 4.36. The first-order valence-corrected chi connectivity index (χ1v) is 7.27. The number of benzene rings is 1. The first-order valence-electron chi connectivity index (χ1n) is 7.27. The molecule has 0 spiro atoms. The molecule has 1 aromatic carbocycles. The standard InChI is InChI=1S/C15H14N2O5/c1-7-2-3-8(6-9(7)17(20)21)16-14(18)12-10-4-5-11(22-10)13(12)15(16)19/h2-3,6,10-13H,4-5H2,1H3. The predicted molar refractivity (Wildman–Crippen MR) is 75.2 cm³/mol. The summed E-state index contributed by atoms with van der Waals surface area (Å²) >= 11 is 0. The van der Waals surface area contributed by atoms with Crippen LogP contribution in [0.15, 0.2) is 18.2 Å². The van der Waals surface area contributed by atoms with E-state index in [-0.39, 0.29) is 35.4 Å². The van der Waals surface area contributed by atoms with Gasteiger partial charge >= 0.3 is 0 Å². The van der Waals surface area contributed by atoms with E-state index in [0.717, 1.165) is 17.7 Å². The van der Waals surface area contributed by atoms with Crippen LogP contribution in [0.2, 0.25) is 0 Å². The number of imide groups is 1. The van der Waals surface area contributed by atoms with Crippen LogP contribution in [0.25, 0.3) is 0 Å². The lowest BCUT2D eigenvalue weighted by Gasteiger charge is -2.17. The molecular formula is C15H14N2O5. The molecule has 0 aromatic heterocycles. The number of nitrogens with zero attached hydrogens (tertiary/aromatic N) is 2. The third-order valence-electron chi connectivity index (χ3n) is 4.93. The topological polar surface area (TPSA) is 89.8 Å².